The van der Waals surface area contributed by atoms with E-state index in [4.69, 9.17) is 10.5 Å². The third-order valence-corrected chi connectivity index (χ3v) is 4.11. The van der Waals surface area contributed by atoms with E-state index >= 15 is 0 Å². The summed E-state index contributed by atoms with van der Waals surface area (Å²) in [5.74, 6) is -0.0121. The van der Waals surface area contributed by atoms with E-state index < -0.39 is 0 Å². The third kappa shape index (κ3) is 2.10. The molecule has 2 fully saturated rings. The van der Waals surface area contributed by atoms with E-state index in [1.165, 1.54) is 0 Å². The van der Waals surface area contributed by atoms with Gasteiger partial charge >= 0.3 is 0 Å². The molecule has 1 aromatic heterocycles. The molecule has 6 heteroatoms. The van der Waals surface area contributed by atoms with Crippen molar-refractivity contribution in [3.8, 4) is 0 Å². The number of pyridine rings is 1. The first-order valence-corrected chi connectivity index (χ1v) is 6.78. The van der Waals surface area contributed by atoms with E-state index in [9.17, 15) is 4.79 Å². The molecule has 2 aliphatic heterocycles. The van der Waals surface area contributed by atoms with Crippen LogP contribution in [0.4, 0.5) is 5.69 Å². The van der Waals surface area contributed by atoms with Gasteiger partial charge in [-0.2, -0.15) is 0 Å². The number of halogens is 1. The monoisotopic (exact) mass is 311 g/mol. The maximum atomic E-state index is 12.3. The fraction of sp³-hybridized carbons (Fsp3) is 0.500. The summed E-state index contributed by atoms with van der Waals surface area (Å²) in [6.07, 6.45) is 4.06. The van der Waals surface area contributed by atoms with Gasteiger partial charge < -0.3 is 15.4 Å². The van der Waals surface area contributed by atoms with Crippen LogP contribution in [0, 0.1) is 0 Å². The van der Waals surface area contributed by atoms with Gasteiger partial charge in [0.2, 0.25) is 0 Å². The Kier molecular flexibility index (Phi) is 2.99. The summed E-state index contributed by atoms with van der Waals surface area (Å²) < 4.78 is 6.29. The number of nitrogens with zero attached hydrogens (tertiary/aromatic N) is 2. The third-order valence-electron chi connectivity index (χ3n) is 3.44. The number of fused-ring (bicyclic) bond motifs is 2. The Morgan fingerprint density at radius 3 is 2.72 bits per heavy atom. The van der Waals surface area contributed by atoms with Crippen molar-refractivity contribution in [2.24, 2.45) is 0 Å². The molecule has 0 aromatic carbocycles. The summed E-state index contributed by atoms with van der Waals surface area (Å²) in [5.41, 5.74) is 6.77. The number of carbonyl (C=O) groups excluding carboxylic acids is 1. The number of hydrogen-bond donors (Lipinski definition) is 1. The maximum Gasteiger partial charge on any atom is 0.255 e. The molecule has 0 radical (unpaired) electrons. The number of morpholine rings is 1. The molecular formula is C12H14BrN3O2. The molecule has 3 heterocycles. The van der Waals surface area contributed by atoms with Gasteiger partial charge in [-0.15, -0.1) is 0 Å². The van der Waals surface area contributed by atoms with Crippen LogP contribution in [-0.4, -0.2) is 41.1 Å². The molecule has 3 rings (SSSR count). The molecule has 2 unspecified atom stereocenters. The number of carbonyl (C=O) groups is 1. The highest BCUT2D eigenvalue weighted by molar-refractivity contribution is 9.10. The Morgan fingerprint density at radius 1 is 1.44 bits per heavy atom. The largest absolute Gasteiger partial charge is 0.397 e. The van der Waals surface area contributed by atoms with E-state index in [2.05, 4.69) is 20.9 Å². The number of amides is 1. The van der Waals surface area contributed by atoms with Crippen LogP contribution >= 0.6 is 15.9 Å². The van der Waals surface area contributed by atoms with Crippen molar-refractivity contribution in [1.82, 2.24) is 9.88 Å². The lowest BCUT2D eigenvalue weighted by Gasteiger charge is -2.32. The van der Waals surface area contributed by atoms with Crippen LogP contribution in [0.5, 0.6) is 0 Å². The Morgan fingerprint density at radius 2 is 2.11 bits per heavy atom. The molecular weight excluding hydrogens is 298 g/mol. The quantitative estimate of drug-likeness (QED) is 0.797. The lowest BCUT2D eigenvalue weighted by Crippen LogP contribution is -2.45. The van der Waals surface area contributed by atoms with E-state index in [1.807, 2.05) is 4.90 Å². The van der Waals surface area contributed by atoms with Gasteiger partial charge in [0.25, 0.3) is 5.91 Å². The zero-order chi connectivity index (χ0) is 12.7. The molecule has 2 aliphatic rings. The smallest absolute Gasteiger partial charge is 0.255 e. The van der Waals surface area contributed by atoms with Crippen molar-refractivity contribution in [3.05, 3.63) is 22.4 Å². The standard InChI is InChI=1S/C12H14BrN3O2/c13-11-10(14)3-7(4-15-11)12(17)16-5-8-1-2-9(6-16)18-8/h3-4,8-9H,1-2,5-6,14H2. The van der Waals surface area contributed by atoms with Crippen LogP contribution in [0.25, 0.3) is 0 Å². The summed E-state index contributed by atoms with van der Waals surface area (Å²) >= 11 is 3.22. The number of hydrogen-bond acceptors (Lipinski definition) is 4. The van der Waals surface area contributed by atoms with Crippen LogP contribution in [0.1, 0.15) is 23.2 Å². The molecule has 2 atom stereocenters. The van der Waals surface area contributed by atoms with Crippen LogP contribution in [0.15, 0.2) is 16.9 Å². The first-order chi connectivity index (χ1) is 8.63. The molecule has 5 nitrogen and oxygen atoms in total. The number of anilines is 1. The number of nitrogen functional groups attached to an aromatic ring is 1. The zero-order valence-corrected chi connectivity index (χ0v) is 11.4. The first-order valence-electron chi connectivity index (χ1n) is 5.99. The Labute approximate surface area is 113 Å². The predicted molar refractivity (Wildman–Crippen MR) is 70.1 cm³/mol. The van der Waals surface area contributed by atoms with Crippen molar-refractivity contribution in [2.75, 3.05) is 18.8 Å². The zero-order valence-electron chi connectivity index (χ0n) is 9.80. The highest BCUT2D eigenvalue weighted by atomic mass is 79.9. The minimum Gasteiger partial charge on any atom is -0.397 e. The minimum atomic E-state index is -0.0121. The van der Waals surface area contributed by atoms with E-state index in [-0.39, 0.29) is 18.1 Å². The van der Waals surface area contributed by atoms with Crippen LogP contribution in [0.3, 0.4) is 0 Å². The van der Waals surface area contributed by atoms with E-state index in [1.54, 1.807) is 12.3 Å². The highest BCUT2D eigenvalue weighted by Crippen LogP contribution is 2.27. The summed E-state index contributed by atoms with van der Waals surface area (Å²) in [4.78, 5) is 18.2. The second-order valence-electron chi connectivity index (χ2n) is 4.77. The van der Waals surface area contributed by atoms with Gasteiger partial charge in [0.15, 0.2) is 0 Å². The summed E-state index contributed by atoms with van der Waals surface area (Å²) in [7, 11) is 0. The summed E-state index contributed by atoms with van der Waals surface area (Å²) in [5, 5.41) is 0. The van der Waals surface area contributed by atoms with Gasteiger partial charge in [0, 0.05) is 19.3 Å². The predicted octanol–water partition coefficient (Wildman–Crippen LogP) is 1.43. The Hall–Kier alpha value is -1.14. The van der Waals surface area contributed by atoms with Crippen molar-refractivity contribution in [3.63, 3.8) is 0 Å². The van der Waals surface area contributed by atoms with Crippen molar-refractivity contribution >= 4 is 27.5 Å². The van der Waals surface area contributed by atoms with Gasteiger partial charge in [0.1, 0.15) is 4.60 Å². The number of rotatable bonds is 1. The minimum absolute atomic E-state index is 0.0121. The highest BCUT2D eigenvalue weighted by Gasteiger charge is 2.36. The molecule has 2 bridgehead atoms. The average molecular weight is 312 g/mol. The van der Waals surface area contributed by atoms with Crippen molar-refractivity contribution in [1.29, 1.82) is 0 Å². The molecule has 0 aliphatic carbocycles. The topological polar surface area (TPSA) is 68.5 Å². The van der Waals surface area contributed by atoms with Crippen LogP contribution < -0.4 is 5.73 Å². The maximum absolute atomic E-state index is 12.3. The average Bonchev–Trinajstić information content (AvgIpc) is 2.71. The number of likely N-dealkylation sites (tertiary alicyclic amines) is 1. The Bertz CT molecular complexity index is 482. The molecule has 0 spiro atoms. The van der Waals surface area contributed by atoms with Gasteiger partial charge in [-0.05, 0) is 34.8 Å². The molecule has 2 saturated heterocycles. The summed E-state index contributed by atoms with van der Waals surface area (Å²) in [6.45, 7) is 1.34. The second kappa shape index (κ2) is 4.51. The van der Waals surface area contributed by atoms with Crippen LogP contribution in [0.2, 0.25) is 0 Å². The lowest BCUT2D eigenvalue weighted by molar-refractivity contribution is -0.0303. The number of ether oxygens (including phenoxy) is 1. The summed E-state index contributed by atoms with van der Waals surface area (Å²) in [6, 6.07) is 1.66. The van der Waals surface area contributed by atoms with Crippen LogP contribution in [-0.2, 0) is 4.74 Å². The number of nitrogens with two attached hydrogens (primary N) is 1. The van der Waals surface area contributed by atoms with Gasteiger partial charge in [-0.3, -0.25) is 4.79 Å². The van der Waals surface area contributed by atoms with Crippen molar-refractivity contribution < 1.29 is 9.53 Å². The van der Waals surface area contributed by atoms with E-state index in [0.29, 0.717) is 28.9 Å². The Balaban J connectivity index is 1.79. The molecule has 0 saturated carbocycles. The molecule has 18 heavy (non-hydrogen) atoms. The van der Waals surface area contributed by atoms with Gasteiger partial charge in [-0.1, -0.05) is 0 Å². The lowest BCUT2D eigenvalue weighted by atomic mass is 10.2. The molecule has 96 valence electrons. The molecule has 2 N–H and O–H groups in total. The molecule has 1 amide bonds. The fourth-order valence-corrected chi connectivity index (χ4v) is 2.76. The molecule has 1 aromatic rings. The van der Waals surface area contributed by atoms with Crippen molar-refractivity contribution in [2.45, 2.75) is 25.0 Å². The number of aromatic nitrogens is 1. The van der Waals surface area contributed by atoms with E-state index in [0.717, 1.165) is 12.8 Å². The van der Waals surface area contributed by atoms with Gasteiger partial charge in [0.05, 0.1) is 23.5 Å². The fourth-order valence-electron chi connectivity index (χ4n) is 2.55. The first kappa shape index (κ1) is 11.9. The second-order valence-corrected chi connectivity index (χ2v) is 5.52. The SMILES string of the molecule is Nc1cc(C(=O)N2CC3CCC(C2)O3)cnc1Br. The normalized spacial score (nSPS) is 26.4. The van der Waals surface area contributed by atoms with Gasteiger partial charge in [-0.25, -0.2) is 4.98 Å².